The molecule has 2 heterocycles. The molecule has 17 heavy (non-hydrogen) atoms. The fourth-order valence-electron chi connectivity index (χ4n) is 2.52. The lowest BCUT2D eigenvalue weighted by atomic mass is 9.94. The van der Waals surface area contributed by atoms with E-state index < -0.39 is 5.54 Å². The number of fused-ring (bicyclic) bond motifs is 1. The minimum absolute atomic E-state index is 0.00671. The molecule has 0 aromatic rings. The van der Waals surface area contributed by atoms with Gasteiger partial charge in [0.1, 0.15) is 12.6 Å². The molecule has 2 fully saturated rings. The zero-order valence-electron chi connectivity index (χ0n) is 10.4. The average molecular weight is 234 g/mol. The third-order valence-corrected chi connectivity index (χ3v) is 3.70. The van der Waals surface area contributed by atoms with Crippen molar-refractivity contribution in [1.29, 1.82) is 0 Å². The number of hydrogen-bond acceptors (Lipinski definition) is 2. The molecule has 0 radical (unpaired) electrons. The van der Waals surface area contributed by atoms with Crippen molar-refractivity contribution < 1.29 is 9.59 Å². The molecule has 0 spiro atoms. The van der Waals surface area contributed by atoms with E-state index in [0.717, 1.165) is 19.3 Å². The number of nitrogens with zero attached hydrogens (tertiary/aromatic N) is 2. The number of carbonyl (C=O) groups excluding carboxylic acids is 2. The van der Waals surface area contributed by atoms with Crippen LogP contribution in [0.5, 0.6) is 0 Å². The van der Waals surface area contributed by atoms with Crippen molar-refractivity contribution in [1.82, 2.24) is 9.80 Å². The number of carbonyl (C=O) groups is 2. The molecule has 0 aromatic heterocycles. The molecule has 2 aliphatic rings. The van der Waals surface area contributed by atoms with Crippen LogP contribution in [0.15, 0.2) is 0 Å². The van der Waals surface area contributed by atoms with Crippen LogP contribution in [0.25, 0.3) is 0 Å². The fraction of sp³-hybridized carbons (Fsp3) is 0.692. The Hall–Kier alpha value is -1.50. The summed E-state index contributed by atoms with van der Waals surface area (Å²) in [7, 11) is 0. The van der Waals surface area contributed by atoms with Crippen LogP contribution in [0.1, 0.15) is 33.1 Å². The molecule has 0 saturated carbocycles. The average Bonchev–Trinajstić information content (AvgIpc) is 2.33. The summed E-state index contributed by atoms with van der Waals surface area (Å²) in [5.74, 6) is 2.62. The van der Waals surface area contributed by atoms with Crippen LogP contribution in [0.2, 0.25) is 0 Å². The molecule has 2 amide bonds. The monoisotopic (exact) mass is 234 g/mol. The number of hydrogen-bond donors (Lipinski definition) is 0. The number of piperazine rings is 1. The van der Waals surface area contributed by atoms with E-state index in [-0.39, 0.29) is 24.4 Å². The van der Waals surface area contributed by atoms with Gasteiger partial charge in [0.2, 0.25) is 11.8 Å². The van der Waals surface area contributed by atoms with Gasteiger partial charge >= 0.3 is 0 Å². The maximum Gasteiger partial charge on any atom is 0.247 e. The van der Waals surface area contributed by atoms with Gasteiger partial charge in [-0.2, -0.15) is 0 Å². The molecule has 0 bridgehead atoms. The van der Waals surface area contributed by atoms with E-state index in [1.807, 2.05) is 0 Å². The first-order chi connectivity index (χ1) is 7.97. The molecule has 2 aliphatic heterocycles. The van der Waals surface area contributed by atoms with Crippen molar-refractivity contribution in [3.05, 3.63) is 0 Å². The van der Waals surface area contributed by atoms with Crippen LogP contribution in [0, 0.1) is 12.3 Å². The van der Waals surface area contributed by atoms with Gasteiger partial charge in [0.25, 0.3) is 0 Å². The Kier molecular flexibility index (Phi) is 2.86. The Balaban J connectivity index is 2.26. The van der Waals surface area contributed by atoms with Gasteiger partial charge in [-0.1, -0.05) is 5.92 Å². The maximum absolute atomic E-state index is 12.3. The third-order valence-electron chi connectivity index (χ3n) is 3.70. The summed E-state index contributed by atoms with van der Waals surface area (Å²) in [4.78, 5) is 27.6. The Labute approximate surface area is 102 Å². The Bertz CT molecular complexity index is 395. The topological polar surface area (TPSA) is 40.6 Å². The molecule has 1 unspecified atom stereocenters. The fourth-order valence-corrected chi connectivity index (χ4v) is 2.52. The van der Waals surface area contributed by atoms with Gasteiger partial charge in [-0.05, 0) is 33.1 Å². The molecule has 92 valence electrons. The first-order valence-corrected chi connectivity index (χ1v) is 6.06. The molecule has 0 N–H and O–H groups in total. The van der Waals surface area contributed by atoms with Crippen LogP contribution in [0.3, 0.4) is 0 Å². The highest BCUT2D eigenvalue weighted by Gasteiger charge is 2.44. The molecule has 0 aliphatic carbocycles. The maximum atomic E-state index is 12.3. The van der Waals surface area contributed by atoms with E-state index in [1.54, 1.807) is 23.6 Å². The second-order valence-electron chi connectivity index (χ2n) is 5.23. The molecule has 1 atom stereocenters. The lowest BCUT2D eigenvalue weighted by molar-refractivity contribution is -0.161. The van der Waals surface area contributed by atoms with Gasteiger partial charge in [0.15, 0.2) is 0 Å². The molecular weight excluding hydrogens is 216 g/mol. The Morgan fingerprint density at radius 1 is 1.35 bits per heavy atom. The second-order valence-corrected chi connectivity index (χ2v) is 5.23. The number of rotatable bonds is 1. The molecule has 2 saturated heterocycles. The van der Waals surface area contributed by atoms with Crippen LogP contribution in [-0.4, -0.2) is 46.3 Å². The second kappa shape index (κ2) is 4.06. The van der Waals surface area contributed by atoms with Gasteiger partial charge in [0, 0.05) is 6.54 Å². The summed E-state index contributed by atoms with van der Waals surface area (Å²) in [6, 6.07) is -0.280. The summed E-state index contributed by atoms with van der Waals surface area (Å²) >= 11 is 0. The van der Waals surface area contributed by atoms with E-state index >= 15 is 0 Å². The van der Waals surface area contributed by atoms with Crippen molar-refractivity contribution in [2.45, 2.75) is 44.7 Å². The van der Waals surface area contributed by atoms with Gasteiger partial charge in [0.05, 0.1) is 5.54 Å². The van der Waals surface area contributed by atoms with Crippen molar-refractivity contribution in [3.8, 4) is 12.3 Å². The molecule has 4 heteroatoms. The van der Waals surface area contributed by atoms with Crippen molar-refractivity contribution >= 4 is 11.8 Å². The lowest BCUT2D eigenvalue weighted by Crippen LogP contribution is -2.65. The summed E-state index contributed by atoms with van der Waals surface area (Å²) in [5.41, 5.74) is -0.684. The zero-order valence-corrected chi connectivity index (χ0v) is 10.4. The van der Waals surface area contributed by atoms with E-state index in [0.29, 0.717) is 6.54 Å². The third kappa shape index (κ3) is 1.90. The first-order valence-electron chi connectivity index (χ1n) is 6.06. The van der Waals surface area contributed by atoms with Crippen LogP contribution in [0.4, 0.5) is 0 Å². The number of piperidine rings is 1. The van der Waals surface area contributed by atoms with E-state index in [2.05, 4.69) is 5.92 Å². The minimum atomic E-state index is -0.684. The predicted octanol–water partition coefficient (Wildman–Crippen LogP) is 0.621. The number of amides is 2. The van der Waals surface area contributed by atoms with E-state index in [1.165, 1.54) is 0 Å². The zero-order chi connectivity index (χ0) is 12.6. The SMILES string of the molecule is C#CC(C)(C)N1CC(=O)N2CCCCC2C1=O. The van der Waals surface area contributed by atoms with Crippen LogP contribution >= 0.6 is 0 Å². The normalized spacial score (nSPS) is 25.6. The van der Waals surface area contributed by atoms with E-state index in [4.69, 9.17) is 6.42 Å². The minimum Gasteiger partial charge on any atom is -0.329 e. The quantitative estimate of drug-likeness (QED) is 0.624. The summed E-state index contributed by atoms with van der Waals surface area (Å²) in [6.07, 6.45) is 8.21. The van der Waals surface area contributed by atoms with Crippen molar-refractivity contribution in [2.75, 3.05) is 13.1 Å². The summed E-state index contributed by atoms with van der Waals surface area (Å²) < 4.78 is 0. The largest absolute Gasteiger partial charge is 0.329 e. The van der Waals surface area contributed by atoms with Crippen molar-refractivity contribution in [2.24, 2.45) is 0 Å². The summed E-state index contributed by atoms with van der Waals surface area (Å²) in [5, 5.41) is 0. The van der Waals surface area contributed by atoms with Gasteiger partial charge in [-0.25, -0.2) is 0 Å². The van der Waals surface area contributed by atoms with Gasteiger partial charge in [-0.15, -0.1) is 6.42 Å². The van der Waals surface area contributed by atoms with Crippen molar-refractivity contribution in [3.63, 3.8) is 0 Å². The summed E-state index contributed by atoms with van der Waals surface area (Å²) in [6.45, 7) is 4.43. The first kappa shape index (κ1) is 12.0. The molecule has 2 rings (SSSR count). The molecule has 0 aromatic carbocycles. The van der Waals surface area contributed by atoms with E-state index in [9.17, 15) is 9.59 Å². The lowest BCUT2D eigenvalue weighted by Gasteiger charge is -2.46. The van der Waals surface area contributed by atoms with Crippen LogP contribution in [-0.2, 0) is 9.59 Å². The standard InChI is InChI=1S/C13H18N2O2/c1-4-13(2,3)15-9-11(16)14-8-6-5-7-10(14)12(15)17/h1,10H,5-9H2,2-3H3. The van der Waals surface area contributed by atoms with Crippen LogP contribution < -0.4 is 0 Å². The number of terminal acetylenes is 1. The smallest absolute Gasteiger partial charge is 0.247 e. The van der Waals surface area contributed by atoms with Gasteiger partial charge < -0.3 is 9.80 Å². The van der Waals surface area contributed by atoms with Gasteiger partial charge in [-0.3, -0.25) is 9.59 Å². The highest BCUT2D eigenvalue weighted by atomic mass is 16.2. The highest BCUT2D eigenvalue weighted by Crippen LogP contribution is 2.27. The predicted molar refractivity (Wildman–Crippen MR) is 64.0 cm³/mol. The Morgan fingerprint density at radius 3 is 2.71 bits per heavy atom. The highest BCUT2D eigenvalue weighted by molar-refractivity contribution is 5.95. The molecule has 4 nitrogen and oxygen atoms in total. The molecular formula is C13H18N2O2. The Morgan fingerprint density at radius 2 is 2.06 bits per heavy atom.